The first kappa shape index (κ1) is 12.8. The molecule has 1 amide bonds. The van der Waals surface area contributed by atoms with E-state index in [9.17, 15) is 9.18 Å². The van der Waals surface area contributed by atoms with Gasteiger partial charge in [0.2, 0.25) is 5.91 Å². The lowest BCUT2D eigenvalue weighted by atomic mass is 9.89. The van der Waals surface area contributed by atoms with E-state index in [1.807, 2.05) is 37.3 Å². The van der Waals surface area contributed by atoms with Crippen molar-refractivity contribution in [1.29, 1.82) is 0 Å². The number of carbonyl (C=O) groups is 1. The van der Waals surface area contributed by atoms with Crippen molar-refractivity contribution in [3.63, 3.8) is 0 Å². The second-order valence-corrected chi connectivity index (χ2v) is 5.24. The standard InChI is InChI=1S/C16H15FN2O/c1-16(10-15(20)18-19-16)12-8-6-11(7-9-12)13-4-2-3-5-14(13)17/h2-9,19H,10H2,1H3,(H,18,20). The van der Waals surface area contributed by atoms with Gasteiger partial charge in [0, 0.05) is 5.56 Å². The van der Waals surface area contributed by atoms with E-state index in [1.54, 1.807) is 12.1 Å². The van der Waals surface area contributed by atoms with Gasteiger partial charge in [-0.25, -0.2) is 9.82 Å². The molecule has 0 spiro atoms. The lowest BCUT2D eigenvalue weighted by Crippen LogP contribution is -2.38. The molecule has 4 heteroatoms. The number of carbonyl (C=O) groups excluding carboxylic acids is 1. The van der Waals surface area contributed by atoms with E-state index < -0.39 is 5.54 Å². The summed E-state index contributed by atoms with van der Waals surface area (Å²) in [4.78, 5) is 11.3. The third-order valence-electron chi connectivity index (χ3n) is 3.70. The zero-order valence-electron chi connectivity index (χ0n) is 11.1. The van der Waals surface area contributed by atoms with Crippen LogP contribution in [-0.4, -0.2) is 5.91 Å². The Labute approximate surface area is 116 Å². The average molecular weight is 270 g/mol. The maximum Gasteiger partial charge on any atom is 0.236 e. The molecule has 1 atom stereocenters. The van der Waals surface area contributed by atoms with E-state index in [4.69, 9.17) is 0 Å². The van der Waals surface area contributed by atoms with E-state index in [0.29, 0.717) is 12.0 Å². The third kappa shape index (κ3) is 2.18. The Kier molecular flexibility index (Phi) is 3.03. The molecular weight excluding hydrogens is 255 g/mol. The van der Waals surface area contributed by atoms with Crippen molar-refractivity contribution >= 4 is 5.91 Å². The van der Waals surface area contributed by atoms with Crippen LogP contribution in [-0.2, 0) is 10.3 Å². The summed E-state index contributed by atoms with van der Waals surface area (Å²) < 4.78 is 13.7. The number of hydrogen-bond donors (Lipinski definition) is 2. The van der Waals surface area contributed by atoms with Gasteiger partial charge in [-0.1, -0.05) is 42.5 Å². The van der Waals surface area contributed by atoms with Crippen LogP contribution in [0.2, 0.25) is 0 Å². The molecule has 1 saturated heterocycles. The SMILES string of the molecule is CC1(c2ccc(-c3ccccc3F)cc2)CC(=O)NN1. The molecule has 2 aromatic carbocycles. The van der Waals surface area contributed by atoms with Crippen LogP contribution in [0.5, 0.6) is 0 Å². The summed E-state index contributed by atoms with van der Waals surface area (Å²) in [5.41, 5.74) is 7.60. The van der Waals surface area contributed by atoms with E-state index in [1.165, 1.54) is 6.07 Å². The van der Waals surface area contributed by atoms with Gasteiger partial charge >= 0.3 is 0 Å². The molecule has 1 aliphatic rings. The van der Waals surface area contributed by atoms with Gasteiger partial charge in [-0.05, 0) is 24.1 Å². The van der Waals surface area contributed by atoms with Gasteiger partial charge < -0.3 is 0 Å². The zero-order valence-corrected chi connectivity index (χ0v) is 11.1. The fraction of sp³-hybridized carbons (Fsp3) is 0.188. The second kappa shape index (κ2) is 4.72. The van der Waals surface area contributed by atoms with Gasteiger partial charge in [-0.15, -0.1) is 0 Å². The molecule has 1 fully saturated rings. The van der Waals surface area contributed by atoms with Crippen LogP contribution in [0, 0.1) is 5.82 Å². The van der Waals surface area contributed by atoms with Crippen LogP contribution in [0.3, 0.4) is 0 Å². The first-order valence-corrected chi connectivity index (χ1v) is 6.50. The largest absolute Gasteiger partial charge is 0.291 e. The quantitative estimate of drug-likeness (QED) is 0.881. The molecule has 1 aliphatic heterocycles. The Morgan fingerprint density at radius 1 is 1.10 bits per heavy atom. The summed E-state index contributed by atoms with van der Waals surface area (Å²) in [6.07, 6.45) is 0.395. The van der Waals surface area contributed by atoms with Crippen molar-refractivity contribution in [2.24, 2.45) is 0 Å². The number of amides is 1. The van der Waals surface area contributed by atoms with Crippen LogP contribution in [0.1, 0.15) is 18.9 Å². The maximum absolute atomic E-state index is 13.7. The number of rotatable bonds is 2. The maximum atomic E-state index is 13.7. The number of nitrogens with one attached hydrogen (secondary N) is 2. The Balaban J connectivity index is 1.93. The van der Waals surface area contributed by atoms with Crippen molar-refractivity contribution in [1.82, 2.24) is 10.9 Å². The summed E-state index contributed by atoms with van der Waals surface area (Å²) in [5, 5.41) is 0. The molecule has 2 aromatic rings. The van der Waals surface area contributed by atoms with Gasteiger partial charge in [0.15, 0.2) is 0 Å². The summed E-state index contributed by atoms with van der Waals surface area (Å²) in [7, 11) is 0. The minimum absolute atomic E-state index is 0.0225. The minimum Gasteiger partial charge on any atom is -0.291 e. The van der Waals surface area contributed by atoms with Crippen LogP contribution in [0.4, 0.5) is 4.39 Å². The van der Waals surface area contributed by atoms with Gasteiger partial charge in [-0.2, -0.15) is 0 Å². The molecule has 1 heterocycles. The lowest BCUT2D eigenvalue weighted by Gasteiger charge is -2.23. The smallest absolute Gasteiger partial charge is 0.236 e. The number of benzene rings is 2. The number of hydrazine groups is 1. The van der Waals surface area contributed by atoms with Crippen LogP contribution in [0.15, 0.2) is 48.5 Å². The van der Waals surface area contributed by atoms with Crippen molar-refractivity contribution in [3.05, 3.63) is 59.9 Å². The minimum atomic E-state index is -0.412. The highest BCUT2D eigenvalue weighted by atomic mass is 19.1. The highest BCUT2D eigenvalue weighted by Crippen LogP contribution is 2.30. The molecule has 0 radical (unpaired) electrons. The average Bonchev–Trinajstić information content (AvgIpc) is 2.81. The van der Waals surface area contributed by atoms with Crippen molar-refractivity contribution in [2.75, 3.05) is 0 Å². The highest BCUT2D eigenvalue weighted by molar-refractivity contribution is 5.79. The molecule has 0 bridgehead atoms. The summed E-state index contributed by atoms with van der Waals surface area (Å²) >= 11 is 0. The lowest BCUT2D eigenvalue weighted by molar-refractivity contribution is -0.119. The molecule has 3 rings (SSSR count). The highest BCUT2D eigenvalue weighted by Gasteiger charge is 2.35. The van der Waals surface area contributed by atoms with Gasteiger partial charge in [-0.3, -0.25) is 10.2 Å². The molecule has 0 aliphatic carbocycles. The Hall–Kier alpha value is -2.20. The monoisotopic (exact) mass is 270 g/mol. The molecule has 3 nitrogen and oxygen atoms in total. The van der Waals surface area contributed by atoms with E-state index in [-0.39, 0.29) is 11.7 Å². The van der Waals surface area contributed by atoms with Crippen molar-refractivity contribution < 1.29 is 9.18 Å². The van der Waals surface area contributed by atoms with Gasteiger partial charge in [0.05, 0.1) is 12.0 Å². The fourth-order valence-corrected chi connectivity index (χ4v) is 2.50. The van der Waals surface area contributed by atoms with Gasteiger partial charge in [0.25, 0.3) is 0 Å². The predicted molar refractivity (Wildman–Crippen MR) is 75.1 cm³/mol. The molecule has 102 valence electrons. The van der Waals surface area contributed by atoms with E-state index in [2.05, 4.69) is 10.9 Å². The predicted octanol–water partition coefficient (Wildman–Crippen LogP) is 2.73. The Morgan fingerprint density at radius 3 is 2.40 bits per heavy atom. The first-order chi connectivity index (χ1) is 9.58. The van der Waals surface area contributed by atoms with Crippen molar-refractivity contribution in [3.8, 4) is 11.1 Å². The molecule has 2 N–H and O–H groups in total. The van der Waals surface area contributed by atoms with E-state index in [0.717, 1.165) is 11.1 Å². The second-order valence-electron chi connectivity index (χ2n) is 5.24. The number of hydrogen-bond acceptors (Lipinski definition) is 2. The molecular formula is C16H15FN2O. The van der Waals surface area contributed by atoms with Gasteiger partial charge in [0.1, 0.15) is 5.82 Å². The Morgan fingerprint density at radius 2 is 1.80 bits per heavy atom. The zero-order chi connectivity index (χ0) is 14.2. The van der Waals surface area contributed by atoms with Crippen molar-refractivity contribution in [2.45, 2.75) is 18.9 Å². The van der Waals surface area contributed by atoms with Crippen LogP contribution >= 0.6 is 0 Å². The third-order valence-corrected chi connectivity index (χ3v) is 3.70. The normalized spacial score (nSPS) is 21.8. The summed E-state index contributed by atoms with van der Waals surface area (Å²) in [5.74, 6) is -0.257. The molecule has 1 unspecified atom stereocenters. The van der Waals surface area contributed by atoms with E-state index >= 15 is 0 Å². The molecule has 0 saturated carbocycles. The number of halogens is 1. The van der Waals surface area contributed by atoms with Crippen LogP contribution < -0.4 is 10.9 Å². The summed E-state index contributed by atoms with van der Waals surface area (Å²) in [6, 6.07) is 14.3. The first-order valence-electron chi connectivity index (χ1n) is 6.50. The molecule has 20 heavy (non-hydrogen) atoms. The summed E-state index contributed by atoms with van der Waals surface area (Å²) in [6.45, 7) is 1.96. The van der Waals surface area contributed by atoms with Crippen LogP contribution in [0.25, 0.3) is 11.1 Å². The Bertz CT molecular complexity index is 654. The fourth-order valence-electron chi connectivity index (χ4n) is 2.50. The topological polar surface area (TPSA) is 41.1 Å². The molecule has 0 aromatic heterocycles.